The molecule has 1 aliphatic heterocycles. The third-order valence-corrected chi connectivity index (χ3v) is 7.41. The standard InChI is InChI=1S/C20H22N6O4S2/c21-16-15(18(28)22-19(29)26(16)11-5-6-11)13(27)10-32-20-24-23-17(14-4-2-8-31-14)25(20)9-12-3-1-7-30-12/h2,4,8,11-12H,1,3,5-7,9-10,21H2,(H,22,28,29)/t12-/m1/s1. The van der Waals surface area contributed by atoms with E-state index < -0.39 is 17.0 Å². The molecule has 0 aromatic carbocycles. The fraction of sp³-hybridized carbons (Fsp3) is 0.450. The van der Waals surface area contributed by atoms with Crippen LogP contribution in [0.2, 0.25) is 0 Å². The number of ether oxygens (including phenoxy) is 1. The lowest BCUT2D eigenvalue weighted by Gasteiger charge is -2.14. The number of H-pyrrole nitrogens is 1. The molecule has 3 N–H and O–H groups in total. The zero-order chi connectivity index (χ0) is 22.2. The summed E-state index contributed by atoms with van der Waals surface area (Å²) in [5.41, 5.74) is 4.57. The highest BCUT2D eigenvalue weighted by atomic mass is 32.2. The first-order valence-electron chi connectivity index (χ1n) is 10.4. The van der Waals surface area contributed by atoms with Gasteiger partial charge in [0.05, 0.1) is 23.3 Å². The molecular formula is C20H22N6O4S2. The molecule has 12 heteroatoms. The number of Topliss-reactive ketones (excluding diaryl/α,β-unsaturated/α-hetero) is 1. The number of nitrogen functional groups attached to an aromatic ring is 1. The molecule has 0 unspecified atom stereocenters. The van der Waals surface area contributed by atoms with Gasteiger partial charge < -0.3 is 10.5 Å². The number of aromatic amines is 1. The number of aromatic nitrogens is 5. The van der Waals surface area contributed by atoms with Crippen LogP contribution >= 0.6 is 23.1 Å². The molecule has 2 fully saturated rings. The number of carbonyl (C=O) groups is 1. The predicted octanol–water partition coefficient (Wildman–Crippen LogP) is 1.93. The maximum Gasteiger partial charge on any atom is 0.330 e. The molecule has 3 aromatic rings. The van der Waals surface area contributed by atoms with Crippen molar-refractivity contribution < 1.29 is 9.53 Å². The third kappa shape index (κ3) is 4.05. The van der Waals surface area contributed by atoms with Crippen LogP contribution < -0.4 is 17.0 Å². The molecule has 1 aliphatic carbocycles. The average molecular weight is 475 g/mol. The molecule has 2 aliphatic rings. The molecule has 32 heavy (non-hydrogen) atoms. The summed E-state index contributed by atoms with van der Waals surface area (Å²) >= 11 is 2.76. The van der Waals surface area contributed by atoms with E-state index in [1.165, 1.54) is 16.3 Å². The van der Waals surface area contributed by atoms with Crippen LogP contribution in [0.3, 0.4) is 0 Å². The SMILES string of the molecule is Nc1c(C(=O)CSc2nnc(-c3cccs3)n2C[C@H]2CCCO2)c(=O)[nH]c(=O)n1C1CC1. The Morgan fingerprint density at radius 3 is 2.84 bits per heavy atom. The summed E-state index contributed by atoms with van der Waals surface area (Å²) in [6.07, 6.45) is 3.65. The lowest BCUT2D eigenvalue weighted by molar-refractivity contribution is 0.0953. The number of thiophene rings is 1. The molecule has 0 bridgehead atoms. The molecule has 0 amide bonds. The van der Waals surface area contributed by atoms with Gasteiger partial charge in [0.1, 0.15) is 11.4 Å². The smallest absolute Gasteiger partial charge is 0.330 e. The quantitative estimate of drug-likeness (QED) is 0.373. The maximum absolute atomic E-state index is 12.9. The first-order chi connectivity index (χ1) is 15.5. The lowest BCUT2D eigenvalue weighted by atomic mass is 10.2. The van der Waals surface area contributed by atoms with Gasteiger partial charge in [0.15, 0.2) is 16.8 Å². The molecule has 0 spiro atoms. The number of thioether (sulfide) groups is 1. The Kier molecular flexibility index (Phi) is 5.74. The van der Waals surface area contributed by atoms with Crippen molar-refractivity contribution in [2.45, 2.75) is 49.5 Å². The number of rotatable bonds is 8. The largest absolute Gasteiger partial charge is 0.384 e. The zero-order valence-corrected chi connectivity index (χ0v) is 18.8. The highest BCUT2D eigenvalue weighted by molar-refractivity contribution is 7.99. The van der Waals surface area contributed by atoms with E-state index in [4.69, 9.17) is 10.5 Å². The Morgan fingerprint density at radius 1 is 1.31 bits per heavy atom. The molecule has 0 radical (unpaired) electrons. The Hall–Kier alpha value is -2.70. The summed E-state index contributed by atoms with van der Waals surface area (Å²) in [7, 11) is 0. The van der Waals surface area contributed by atoms with Gasteiger partial charge in [-0.1, -0.05) is 17.8 Å². The lowest BCUT2D eigenvalue weighted by Crippen LogP contribution is -2.36. The molecule has 3 aromatic heterocycles. The zero-order valence-electron chi connectivity index (χ0n) is 17.2. The molecule has 4 heterocycles. The number of carbonyl (C=O) groups excluding carboxylic acids is 1. The van der Waals surface area contributed by atoms with Gasteiger partial charge in [-0.05, 0) is 37.1 Å². The van der Waals surface area contributed by atoms with Crippen LogP contribution in [-0.4, -0.2) is 48.6 Å². The van der Waals surface area contributed by atoms with Crippen molar-refractivity contribution in [2.75, 3.05) is 18.1 Å². The van der Waals surface area contributed by atoms with Gasteiger partial charge in [-0.15, -0.1) is 21.5 Å². The van der Waals surface area contributed by atoms with Gasteiger partial charge in [-0.25, -0.2) is 4.79 Å². The van der Waals surface area contributed by atoms with E-state index in [1.54, 1.807) is 11.3 Å². The van der Waals surface area contributed by atoms with Crippen molar-refractivity contribution >= 4 is 34.7 Å². The minimum absolute atomic E-state index is 0.0513. The van der Waals surface area contributed by atoms with E-state index >= 15 is 0 Å². The molecule has 5 rings (SSSR count). The monoisotopic (exact) mass is 474 g/mol. The highest BCUT2D eigenvalue weighted by Gasteiger charge is 2.30. The van der Waals surface area contributed by atoms with E-state index in [0.29, 0.717) is 11.7 Å². The van der Waals surface area contributed by atoms with Gasteiger partial charge in [-0.3, -0.25) is 23.7 Å². The molecule has 1 atom stereocenters. The van der Waals surface area contributed by atoms with Crippen molar-refractivity contribution in [1.29, 1.82) is 0 Å². The summed E-state index contributed by atoms with van der Waals surface area (Å²) in [5, 5.41) is 11.2. The van der Waals surface area contributed by atoms with E-state index in [1.807, 2.05) is 22.1 Å². The Balaban J connectivity index is 1.40. The highest BCUT2D eigenvalue weighted by Crippen LogP contribution is 2.35. The van der Waals surface area contributed by atoms with Gasteiger partial charge >= 0.3 is 5.69 Å². The van der Waals surface area contributed by atoms with Crippen LogP contribution in [0.4, 0.5) is 5.82 Å². The van der Waals surface area contributed by atoms with E-state index in [-0.39, 0.29) is 29.3 Å². The summed E-state index contributed by atoms with van der Waals surface area (Å²) < 4.78 is 9.07. The second-order valence-corrected chi connectivity index (χ2v) is 9.75. The minimum atomic E-state index is -0.755. The second kappa shape index (κ2) is 8.68. The minimum Gasteiger partial charge on any atom is -0.384 e. The summed E-state index contributed by atoms with van der Waals surface area (Å²) in [6.45, 7) is 1.33. The Bertz CT molecular complexity index is 1250. The maximum atomic E-state index is 12.9. The van der Waals surface area contributed by atoms with Gasteiger partial charge in [0.25, 0.3) is 5.56 Å². The number of nitrogens with zero attached hydrogens (tertiary/aromatic N) is 4. The summed E-state index contributed by atoms with van der Waals surface area (Å²) in [5.74, 6) is 0.161. The Labute approximate surface area is 190 Å². The number of hydrogen-bond acceptors (Lipinski definition) is 9. The van der Waals surface area contributed by atoms with E-state index in [9.17, 15) is 14.4 Å². The first kappa shape index (κ1) is 21.2. The fourth-order valence-electron chi connectivity index (χ4n) is 3.87. The second-order valence-electron chi connectivity index (χ2n) is 7.86. The number of nitrogens with one attached hydrogen (secondary N) is 1. The average Bonchev–Trinajstić information content (AvgIpc) is 3.14. The first-order valence-corrected chi connectivity index (χ1v) is 12.3. The van der Waals surface area contributed by atoms with Gasteiger partial charge in [0, 0.05) is 12.6 Å². The summed E-state index contributed by atoms with van der Waals surface area (Å²) in [4.78, 5) is 40.6. The Morgan fingerprint density at radius 2 is 2.16 bits per heavy atom. The van der Waals surface area contributed by atoms with Crippen molar-refractivity contribution in [3.8, 4) is 10.7 Å². The van der Waals surface area contributed by atoms with Crippen LogP contribution in [0.25, 0.3) is 10.7 Å². The number of ketones is 1. The van der Waals surface area contributed by atoms with Crippen molar-refractivity contribution in [3.05, 3.63) is 43.9 Å². The van der Waals surface area contributed by atoms with Crippen molar-refractivity contribution in [3.63, 3.8) is 0 Å². The van der Waals surface area contributed by atoms with Crippen LogP contribution in [0.15, 0.2) is 32.3 Å². The molecule has 1 saturated heterocycles. The number of nitrogens with two attached hydrogens (primary N) is 1. The van der Waals surface area contributed by atoms with Gasteiger partial charge in [0.2, 0.25) is 0 Å². The topological polar surface area (TPSA) is 138 Å². The van der Waals surface area contributed by atoms with E-state index in [0.717, 1.165) is 43.0 Å². The van der Waals surface area contributed by atoms with Crippen LogP contribution in [0.5, 0.6) is 0 Å². The van der Waals surface area contributed by atoms with Crippen molar-refractivity contribution in [2.24, 2.45) is 0 Å². The normalized spacial score (nSPS) is 18.3. The van der Waals surface area contributed by atoms with Gasteiger partial charge in [-0.2, -0.15) is 0 Å². The molecule has 1 saturated carbocycles. The molecular weight excluding hydrogens is 452 g/mol. The fourth-order valence-corrected chi connectivity index (χ4v) is 5.41. The number of anilines is 1. The van der Waals surface area contributed by atoms with Crippen molar-refractivity contribution in [1.82, 2.24) is 24.3 Å². The summed E-state index contributed by atoms with van der Waals surface area (Å²) in [6, 6.07) is 3.87. The molecule has 168 valence electrons. The predicted molar refractivity (Wildman–Crippen MR) is 121 cm³/mol. The van der Waals surface area contributed by atoms with E-state index in [2.05, 4.69) is 15.2 Å². The number of hydrogen-bond donors (Lipinski definition) is 2. The van der Waals surface area contributed by atoms with Crippen LogP contribution in [0, 0.1) is 0 Å². The molecule has 10 nitrogen and oxygen atoms in total. The van der Waals surface area contributed by atoms with Crippen LogP contribution in [0.1, 0.15) is 42.1 Å². The van der Waals surface area contributed by atoms with Crippen LogP contribution in [-0.2, 0) is 11.3 Å². The third-order valence-electron chi connectivity index (χ3n) is 5.57.